The maximum Gasteiger partial charge on any atom is 0.335 e. The number of carboxylic acid groups (broad SMARTS) is 1. The number of ether oxygens (including phenoxy) is 1. The van der Waals surface area contributed by atoms with Crippen molar-refractivity contribution in [2.45, 2.75) is 6.92 Å². The van der Waals surface area contributed by atoms with E-state index in [1.807, 2.05) is 0 Å². The van der Waals surface area contributed by atoms with Gasteiger partial charge in [0.25, 0.3) is 5.91 Å². The number of carboxylic acids is 1. The van der Waals surface area contributed by atoms with E-state index in [2.05, 4.69) is 5.32 Å². The molecule has 1 amide bonds. The predicted octanol–water partition coefficient (Wildman–Crippen LogP) is 3.87. The highest BCUT2D eigenvalue weighted by Crippen LogP contribution is 2.27. The molecule has 124 valence electrons. The van der Waals surface area contributed by atoms with Crippen LogP contribution in [0.1, 0.15) is 27.6 Å². The summed E-state index contributed by atoms with van der Waals surface area (Å²) >= 11 is 11.8. The van der Waals surface area contributed by atoms with E-state index in [-0.39, 0.29) is 32.6 Å². The summed E-state index contributed by atoms with van der Waals surface area (Å²) in [6.45, 7) is 1.21. The molecule has 0 atom stereocenters. The molecule has 2 rings (SSSR count). The molecular formula is C16H11Cl2NO5. The van der Waals surface area contributed by atoms with Crippen LogP contribution in [-0.2, 0) is 4.79 Å². The second-order valence-corrected chi connectivity index (χ2v) is 5.53. The zero-order valence-electron chi connectivity index (χ0n) is 12.3. The Labute approximate surface area is 146 Å². The van der Waals surface area contributed by atoms with E-state index < -0.39 is 17.8 Å². The van der Waals surface area contributed by atoms with Crippen LogP contribution in [0.2, 0.25) is 10.0 Å². The van der Waals surface area contributed by atoms with Crippen LogP contribution in [0.15, 0.2) is 36.4 Å². The highest BCUT2D eigenvalue weighted by Gasteiger charge is 2.17. The van der Waals surface area contributed by atoms with Crippen LogP contribution in [0.4, 0.5) is 5.69 Å². The molecule has 24 heavy (non-hydrogen) atoms. The van der Waals surface area contributed by atoms with Crippen molar-refractivity contribution < 1.29 is 24.2 Å². The van der Waals surface area contributed by atoms with Crippen LogP contribution >= 0.6 is 23.2 Å². The van der Waals surface area contributed by atoms with Gasteiger partial charge in [0.05, 0.1) is 21.8 Å². The first-order chi connectivity index (χ1) is 11.3. The molecule has 0 aliphatic heterocycles. The van der Waals surface area contributed by atoms with E-state index in [4.69, 9.17) is 33.0 Å². The number of amides is 1. The quantitative estimate of drug-likeness (QED) is 0.631. The Morgan fingerprint density at radius 3 is 2.38 bits per heavy atom. The Balaban J connectivity index is 2.31. The van der Waals surface area contributed by atoms with Crippen LogP contribution in [0.3, 0.4) is 0 Å². The van der Waals surface area contributed by atoms with Crippen LogP contribution in [0.5, 0.6) is 5.75 Å². The Hall–Kier alpha value is -2.57. The van der Waals surface area contributed by atoms with Gasteiger partial charge in [0.2, 0.25) is 0 Å². The Kier molecular flexibility index (Phi) is 5.43. The summed E-state index contributed by atoms with van der Waals surface area (Å²) in [5, 5.41) is 11.8. The number of carbonyl (C=O) groups excluding carboxylic acids is 2. The Bertz CT molecular complexity index is 835. The van der Waals surface area contributed by atoms with E-state index in [1.165, 1.54) is 43.3 Å². The molecule has 0 unspecified atom stereocenters. The largest absolute Gasteiger partial charge is 0.478 e. The van der Waals surface area contributed by atoms with Crippen LogP contribution in [-0.4, -0.2) is 23.0 Å². The topological polar surface area (TPSA) is 92.7 Å². The van der Waals surface area contributed by atoms with Gasteiger partial charge in [-0.15, -0.1) is 0 Å². The maximum atomic E-state index is 12.4. The van der Waals surface area contributed by atoms with Crippen LogP contribution in [0.25, 0.3) is 0 Å². The molecule has 0 radical (unpaired) electrons. The van der Waals surface area contributed by atoms with Gasteiger partial charge in [-0.1, -0.05) is 23.2 Å². The number of carbonyl (C=O) groups is 3. The number of aromatic carboxylic acids is 1. The normalized spacial score (nSPS) is 10.1. The van der Waals surface area contributed by atoms with Crippen molar-refractivity contribution in [1.82, 2.24) is 0 Å². The summed E-state index contributed by atoms with van der Waals surface area (Å²) in [6, 6.07) is 8.09. The molecule has 2 aromatic carbocycles. The van der Waals surface area contributed by atoms with Gasteiger partial charge in [-0.2, -0.15) is 0 Å². The molecule has 0 bridgehead atoms. The van der Waals surface area contributed by atoms with Crippen molar-refractivity contribution in [3.8, 4) is 5.75 Å². The van der Waals surface area contributed by atoms with Gasteiger partial charge in [-0.05, 0) is 36.4 Å². The number of anilines is 1. The number of benzene rings is 2. The summed E-state index contributed by atoms with van der Waals surface area (Å²) in [5.74, 6) is -2.29. The minimum atomic E-state index is -1.14. The third kappa shape index (κ3) is 4.24. The number of nitrogens with one attached hydrogen (secondary N) is 1. The minimum Gasteiger partial charge on any atom is -0.478 e. The lowest BCUT2D eigenvalue weighted by Crippen LogP contribution is -2.15. The van der Waals surface area contributed by atoms with Gasteiger partial charge in [0.1, 0.15) is 5.75 Å². The first-order valence-corrected chi connectivity index (χ1v) is 7.35. The van der Waals surface area contributed by atoms with Crippen molar-refractivity contribution in [3.05, 3.63) is 57.6 Å². The molecule has 0 fully saturated rings. The first kappa shape index (κ1) is 17.8. The molecule has 8 heteroatoms. The van der Waals surface area contributed by atoms with E-state index in [0.29, 0.717) is 0 Å². The van der Waals surface area contributed by atoms with Crippen molar-refractivity contribution in [3.63, 3.8) is 0 Å². The highest BCUT2D eigenvalue weighted by atomic mass is 35.5. The van der Waals surface area contributed by atoms with Crippen molar-refractivity contribution in [2.24, 2.45) is 0 Å². The van der Waals surface area contributed by atoms with Crippen LogP contribution < -0.4 is 10.1 Å². The fourth-order valence-corrected chi connectivity index (χ4v) is 2.26. The lowest BCUT2D eigenvalue weighted by Gasteiger charge is -2.11. The lowest BCUT2D eigenvalue weighted by atomic mass is 10.1. The van der Waals surface area contributed by atoms with E-state index in [1.54, 1.807) is 0 Å². The second kappa shape index (κ2) is 7.33. The molecule has 0 aliphatic carbocycles. The van der Waals surface area contributed by atoms with Crippen LogP contribution in [0, 0.1) is 0 Å². The van der Waals surface area contributed by atoms with E-state index in [9.17, 15) is 14.4 Å². The minimum absolute atomic E-state index is 0.0126. The maximum absolute atomic E-state index is 12.4. The molecular weight excluding hydrogens is 357 g/mol. The molecule has 0 spiro atoms. The first-order valence-electron chi connectivity index (χ1n) is 6.60. The van der Waals surface area contributed by atoms with E-state index in [0.717, 1.165) is 0 Å². The smallest absolute Gasteiger partial charge is 0.335 e. The van der Waals surface area contributed by atoms with Gasteiger partial charge >= 0.3 is 11.9 Å². The molecule has 0 saturated carbocycles. The third-order valence-corrected chi connectivity index (χ3v) is 3.45. The molecule has 0 aliphatic rings. The third-order valence-electron chi connectivity index (χ3n) is 2.90. The summed E-state index contributed by atoms with van der Waals surface area (Å²) in [5.41, 5.74) is 0.234. The molecule has 0 aromatic heterocycles. The second-order valence-electron chi connectivity index (χ2n) is 4.69. The summed E-state index contributed by atoms with van der Waals surface area (Å²) in [7, 11) is 0. The molecule has 6 nitrogen and oxygen atoms in total. The van der Waals surface area contributed by atoms with Crippen molar-refractivity contribution >= 4 is 46.7 Å². The van der Waals surface area contributed by atoms with Gasteiger partial charge in [0.15, 0.2) is 0 Å². The van der Waals surface area contributed by atoms with Crippen molar-refractivity contribution in [2.75, 3.05) is 5.32 Å². The Morgan fingerprint density at radius 1 is 1.08 bits per heavy atom. The molecule has 0 saturated heterocycles. The zero-order valence-corrected chi connectivity index (χ0v) is 13.8. The average molecular weight is 368 g/mol. The predicted molar refractivity (Wildman–Crippen MR) is 89.1 cm³/mol. The zero-order chi connectivity index (χ0) is 17.9. The number of esters is 1. The Morgan fingerprint density at radius 2 is 1.79 bits per heavy atom. The summed E-state index contributed by atoms with van der Waals surface area (Å²) in [4.78, 5) is 34.4. The SMILES string of the molecule is CC(=O)Oc1ccc(Cl)cc1C(=O)Nc1ccc(C(=O)O)cc1Cl. The van der Waals surface area contributed by atoms with Gasteiger partial charge < -0.3 is 15.2 Å². The fourth-order valence-electron chi connectivity index (χ4n) is 1.86. The number of halogens is 2. The number of hydrogen-bond donors (Lipinski definition) is 2. The lowest BCUT2D eigenvalue weighted by molar-refractivity contribution is -0.131. The van der Waals surface area contributed by atoms with Gasteiger partial charge in [-0.25, -0.2) is 4.79 Å². The average Bonchev–Trinajstić information content (AvgIpc) is 2.50. The summed E-state index contributed by atoms with van der Waals surface area (Å²) in [6.07, 6.45) is 0. The summed E-state index contributed by atoms with van der Waals surface area (Å²) < 4.78 is 4.97. The van der Waals surface area contributed by atoms with Gasteiger partial charge in [0, 0.05) is 11.9 Å². The number of hydrogen-bond acceptors (Lipinski definition) is 4. The number of rotatable bonds is 4. The standard InChI is InChI=1S/C16H11Cl2NO5/c1-8(20)24-14-5-3-10(17)7-11(14)15(21)19-13-4-2-9(16(22)23)6-12(13)18/h2-7H,1H3,(H,19,21)(H,22,23). The fraction of sp³-hybridized carbons (Fsp3) is 0.0625. The highest BCUT2D eigenvalue weighted by molar-refractivity contribution is 6.34. The van der Waals surface area contributed by atoms with E-state index >= 15 is 0 Å². The molecule has 2 N–H and O–H groups in total. The molecule has 0 heterocycles. The van der Waals surface area contributed by atoms with Crippen molar-refractivity contribution in [1.29, 1.82) is 0 Å². The molecule has 2 aromatic rings. The van der Waals surface area contributed by atoms with Gasteiger partial charge in [-0.3, -0.25) is 9.59 Å². The monoisotopic (exact) mass is 367 g/mol.